The highest BCUT2D eigenvalue weighted by atomic mass is 35.5. The Hall–Kier alpha value is -2.91. The fraction of sp³-hybridized carbons (Fsp3) is 0.481. The number of aliphatic carboxylic acids is 1. The summed E-state index contributed by atoms with van der Waals surface area (Å²) in [5.41, 5.74) is 0.788. The van der Waals surface area contributed by atoms with Crippen LogP contribution in [0.1, 0.15) is 45.1 Å². The molecule has 0 saturated carbocycles. The molecule has 0 aliphatic carbocycles. The Morgan fingerprint density at radius 1 is 1.05 bits per heavy atom. The van der Waals surface area contributed by atoms with Gasteiger partial charge in [0.25, 0.3) is 0 Å². The maximum absolute atomic E-state index is 13.1. The monoisotopic (exact) mass is 541 g/mol. The van der Waals surface area contributed by atoms with Crippen LogP contribution in [0.25, 0.3) is 0 Å². The normalized spacial score (nSPS) is 12.1. The Morgan fingerprint density at radius 2 is 1.76 bits per heavy atom. The second-order valence-electron chi connectivity index (χ2n) is 8.65. The van der Waals surface area contributed by atoms with E-state index >= 15 is 0 Å². The van der Waals surface area contributed by atoms with Gasteiger partial charge in [-0.25, -0.2) is 18.4 Å². The summed E-state index contributed by atoms with van der Waals surface area (Å²) in [4.78, 5) is 25.5. The Kier molecular flexibility index (Phi) is 12.6. The Morgan fingerprint density at radius 3 is 2.38 bits per heavy atom. The number of hydrogen-bond donors (Lipinski definition) is 1. The van der Waals surface area contributed by atoms with Crippen LogP contribution in [-0.2, 0) is 16.0 Å². The van der Waals surface area contributed by atoms with Crippen molar-refractivity contribution in [1.29, 1.82) is 0 Å². The van der Waals surface area contributed by atoms with Gasteiger partial charge in [-0.05, 0) is 56.5 Å². The molecule has 1 atom stereocenters. The van der Waals surface area contributed by atoms with Gasteiger partial charge < -0.3 is 24.2 Å². The second-order valence-corrected chi connectivity index (χ2v) is 9.05. The third kappa shape index (κ3) is 11.8. The molecule has 2 aromatic carbocycles. The first-order chi connectivity index (χ1) is 17.6. The summed E-state index contributed by atoms with van der Waals surface area (Å²) in [6.45, 7) is 3.63. The van der Waals surface area contributed by atoms with Crippen molar-refractivity contribution in [3.8, 4) is 11.5 Å². The summed E-state index contributed by atoms with van der Waals surface area (Å²) in [5.74, 6) is -2.94. The fourth-order valence-corrected chi connectivity index (χ4v) is 3.70. The standard InChI is InChI=1S/C27H34ClF2NO6/c1-3-35-24(25(32)33)19-20-11-13-21(14-12-20)36-18-17-31(16-8-4-7-15-27(2,29)30)26(34)37-23-10-6-5-9-22(23)28/h5-6,9-14,24H,3-4,7-8,15-19H2,1-2H3,(H,32,33). The lowest BCUT2D eigenvalue weighted by Gasteiger charge is -2.22. The number of benzene rings is 2. The molecular weight excluding hydrogens is 508 g/mol. The highest BCUT2D eigenvalue weighted by Crippen LogP contribution is 2.24. The van der Waals surface area contributed by atoms with Crippen LogP contribution in [0.2, 0.25) is 5.02 Å². The van der Waals surface area contributed by atoms with E-state index in [4.69, 9.17) is 25.8 Å². The zero-order valence-corrected chi connectivity index (χ0v) is 21.9. The number of carboxylic acid groups (broad SMARTS) is 1. The third-order valence-corrected chi connectivity index (χ3v) is 5.77. The van der Waals surface area contributed by atoms with Crippen molar-refractivity contribution in [1.82, 2.24) is 4.90 Å². The highest BCUT2D eigenvalue weighted by Gasteiger charge is 2.21. The van der Waals surface area contributed by atoms with Crippen molar-refractivity contribution in [2.45, 2.75) is 58.0 Å². The average molecular weight is 542 g/mol. The molecule has 0 fully saturated rings. The second kappa shape index (κ2) is 15.4. The number of amides is 1. The fourth-order valence-electron chi connectivity index (χ4n) is 3.52. The van der Waals surface area contributed by atoms with Crippen LogP contribution in [0.15, 0.2) is 48.5 Å². The van der Waals surface area contributed by atoms with Crippen molar-refractivity contribution in [3.05, 3.63) is 59.1 Å². The van der Waals surface area contributed by atoms with Gasteiger partial charge in [-0.15, -0.1) is 0 Å². The first-order valence-electron chi connectivity index (χ1n) is 12.2. The van der Waals surface area contributed by atoms with Gasteiger partial charge in [0, 0.05) is 26.0 Å². The van der Waals surface area contributed by atoms with E-state index in [1.54, 1.807) is 55.5 Å². The van der Waals surface area contributed by atoms with Crippen LogP contribution in [0, 0.1) is 0 Å². The largest absolute Gasteiger partial charge is 0.492 e. The number of rotatable bonds is 16. The zero-order chi connectivity index (χ0) is 27.3. The van der Waals surface area contributed by atoms with Crippen molar-refractivity contribution < 1.29 is 37.7 Å². The number of carboxylic acids is 1. The molecule has 10 heteroatoms. The predicted molar refractivity (Wildman–Crippen MR) is 137 cm³/mol. The summed E-state index contributed by atoms with van der Waals surface area (Å²) in [5, 5.41) is 9.53. The van der Waals surface area contributed by atoms with Crippen LogP contribution in [0.4, 0.5) is 13.6 Å². The van der Waals surface area contributed by atoms with Crippen LogP contribution >= 0.6 is 11.6 Å². The molecule has 1 amide bonds. The number of unbranched alkanes of at least 4 members (excludes halogenated alkanes) is 2. The lowest BCUT2D eigenvalue weighted by molar-refractivity contribution is -0.149. The van der Waals surface area contributed by atoms with Crippen molar-refractivity contribution in [3.63, 3.8) is 0 Å². The highest BCUT2D eigenvalue weighted by molar-refractivity contribution is 6.32. The molecule has 2 aromatic rings. The van der Waals surface area contributed by atoms with Gasteiger partial charge in [-0.2, -0.15) is 0 Å². The van der Waals surface area contributed by atoms with Crippen LogP contribution in [0.5, 0.6) is 11.5 Å². The molecule has 37 heavy (non-hydrogen) atoms. The number of carbonyl (C=O) groups excluding carboxylic acids is 1. The molecule has 7 nitrogen and oxygen atoms in total. The molecule has 0 spiro atoms. The number of halogens is 3. The third-order valence-electron chi connectivity index (χ3n) is 5.45. The lowest BCUT2D eigenvalue weighted by Crippen LogP contribution is -2.37. The molecule has 1 unspecified atom stereocenters. The number of hydrogen-bond acceptors (Lipinski definition) is 5. The SMILES string of the molecule is CCOC(Cc1ccc(OCCN(CCCCCC(C)(F)F)C(=O)Oc2ccccc2Cl)cc1)C(=O)O. The maximum Gasteiger partial charge on any atom is 0.415 e. The minimum atomic E-state index is -2.70. The molecule has 0 aromatic heterocycles. The minimum absolute atomic E-state index is 0.167. The maximum atomic E-state index is 13.1. The smallest absolute Gasteiger partial charge is 0.415 e. The molecule has 1 N–H and O–H groups in total. The molecular formula is C27H34ClF2NO6. The van der Waals surface area contributed by atoms with Gasteiger partial charge in [-0.1, -0.05) is 42.3 Å². The van der Waals surface area contributed by atoms with Crippen LogP contribution < -0.4 is 9.47 Å². The van der Waals surface area contributed by atoms with Gasteiger partial charge in [-0.3, -0.25) is 0 Å². The molecule has 0 bridgehead atoms. The van der Waals surface area contributed by atoms with Crippen molar-refractivity contribution in [2.24, 2.45) is 0 Å². The first kappa shape index (κ1) is 30.3. The van der Waals surface area contributed by atoms with E-state index in [-0.39, 0.29) is 31.7 Å². The molecule has 2 rings (SSSR count). The van der Waals surface area contributed by atoms with Crippen molar-refractivity contribution in [2.75, 3.05) is 26.3 Å². The van der Waals surface area contributed by atoms with Gasteiger partial charge in [0.1, 0.15) is 12.4 Å². The Labute approximate surface area is 221 Å². The Bertz CT molecular complexity index is 984. The van der Waals surface area contributed by atoms with E-state index in [2.05, 4.69) is 0 Å². The number of para-hydroxylation sites is 1. The van der Waals surface area contributed by atoms with Crippen LogP contribution in [0.3, 0.4) is 0 Å². The van der Waals surface area contributed by atoms with Gasteiger partial charge in [0.05, 0.1) is 11.6 Å². The number of carbonyl (C=O) groups is 2. The summed E-state index contributed by atoms with van der Waals surface area (Å²) < 4.78 is 42.5. The number of nitrogens with zero attached hydrogens (tertiary/aromatic N) is 1. The summed E-state index contributed by atoms with van der Waals surface area (Å²) in [6, 6.07) is 13.6. The average Bonchev–Trinajstić information content (AvgIpc) is 2.84. The first-order valence-corrected chi connectivity index (χ1v) is 12.6. The molecule has 0 radical (unpaired) electrons. The predicted octanol–water partition coefficient (Wildman–Crippen LogP) is 6.47. The van der Waals surface area contributed by atoms with E-state index in [1.165, 1.54) is 4.90 Å². The summed E-state index contributed by atoms with van der Waals surface area (Å²) in [7, 11) is 0. The van der Waals surface area contributed by atoms with Crippen LogP contribution in [-0.4, -0.2) is 60.4 Å². The van der Waals surface area contributed by atoms with E-state index < -0.39 is 24.1 Å². The zero-order valence-electron chi connectivity index (χ0n) is 21.1. The van der Waals surface area contributed by atoms with E-state index in [1.807, 2.05) is 0 Å². The molecule has 0 saturated heterocycles. The molecule has 0 heterocycles. The van der Waals surface area contributed by atoms with E-state index in [0.29, 0.717) is 43.2 Å². The number of ether oxygens (including phenoxy) is 3. The number of alkyl halides is 2. The van der Waals surface area contributed by atoms with Crippen molar-refractivity contribution >= 4 is 23.7 Å². The quantitative estimate of drug-likeness (QED) is 0.245. The lowest BCUT2D eigenvalue weighted by atomic mass is 10.1. The molecule has 0 aliphatic rings. The summed E-state index contributed by atoms with van der Waals surface area (Å²) in [6.07, 6.45) is -0.0656. The van der Waals surface area contributed by atoms with Gasteiger partial charge in [0.15, 0.2) is 11.9 Å². The Balaban J connectivity index is 1.92. The van der Waals surface area contributed by atoms with E-state index in [0.717, 1.165) is 12.5 Å². The van der Waals surface area contributed by atoms with Gasteiger partial charge in [0.2, 0.25) is 5.92 Å². The molecule has 204 valence electrons. The van der Waals surface area contributed by atoms with Gasteiger partial charge >= 0.3 is 12.1 Å². The summed E-state index contributed by atoms with van der Waals surface area (Å²) >= 11 is 6.09. The molecule has 0 aliphatic heterocycles. The topological polar surface area (TPSA) is 85.3 Å². The van der Waals surface area contributed by atoms with E-state index in [9.17, 15) is 23.5 Å². The minimum Gasteiger partial charge on any atom is -0.492 e.